The summed E-state index contributed by atoms with van der Waals surface area (Å²) in [5.74, 6) is 0.397. The number of rotatable bonds is 9. The van der Waals surface area contributed by atoms with Gasteiger partial charge in [-0.15, -0.1) is 0 Å². The van der Waals surface area contributed by atoms with E-state index in [0.29, 0.717) is 32.4 Å². The molecule has 27 heavy (non-hydrogen) atoms. The van der Waals surface area contributed by atoms with Crippen LogP contribution in [0.1, 0.15) is 24.2 Å². The number of imide groups is 1. The second-order valence-electron chi connectivity index (χ2n) is 6.45. The number of furan rings is 1. The van der Waals surface area contributed by atoms with Gasteiger partial charge in [-0.25, -0.2) is 4.79 Å². The van der Waals surface area contributed by atoms with E-state index >= 15 is 0 Å². The van der Waals surface area contributed by atoms with Gasteiger partial charge in [0.05, 0.1) is 6.26 Å². The minimum atomic E-state index is -0.635. The number of benzene rings is 1. The van der Waals surface area contributed by atoms with Crippen LogP contribution >= 0.6 is 0 Å². The van der Waals surface area contributed by atoms with Crippen molar-refractivity contribution in [3.8, 4) is 0 Å². The molecule has 1 aliphatic rings. The van der Waals surface area contributed by atoms with Crippen molar-refractivity contribution in [2.45, 2.75) is 31.7 Å². The van der Waals surface area contributed by atoms with E-state index in [2.05, 4.69) is 10.6 Å². The van der Waals surface area contributed by atoms with Crippen LogP contribution in [0.25, 0.3) is 0 Å². The Bertz CT molecular complexity index is 774. The van der Waals surface area contributed by atoms with E-state index in [-0.39, 0.29) is 24.3 Å². The van der Waals surface area contributed by atoms with Crippen LogP contribution in [0.3, 0.4) is 0 Å². The van der Waals surface area contributed by atoms with Crippen molar-refractivity contribution < 1.29 is 18.8 Å². The molecule has 1 saturated heterocycles. The molecule has 4 amide bonds. The van der Waals surface area contributed by atoms with Gasteiger partial charge in [0.1, 0.15) is 11.8 Å². The number of hydrogen-bond donors (Lipinski definition) is 2. The molecule has 1 atom stereocenters. The zero-order valence-corrected chi connectivity index (χ0v) is 15.0. The largest absolute Gasteiger partial charge is 0.469 e. The van der Waals surface area contributed by atoms with Crippen LogP contribution in [0.15, 0.2) is 53.1 Å². The summed E-state index contributed by atoms with van der Waals surface area (Å²) in [6.07, 6.45) is 3.29. The molecule has 0 bridgehead atoms. The topological polar surface area (TPSA) is 91.7 Å². The first kappa shape index (κ1) is 18.7. The molecule has 1 fully saturated rings. The van der Waals surface area contributed by atoms with Gasteiger partial charge >= 0.3 is 6.03 Å². The van der Waals surface area contributed by atoms with Crippen LogP contribution < -0.4 is 10.6 Å². The Labute approximate surface area is 157 Å². The van der Waals surface area contributed by atoms with Crippen LogP contribution in [0.5, 0.6) is 0 Å². The molecule has 1 aromatic heterocycles. The van der Waals surface area contributed by atoms with Crippen molar-refractivity contribution in [2.75, 3.05) is 13.1 Å². The van der Waals surface area contributed by atoms with Crippen LogP contribution in [0, 0.1) is 0 Å². The predicted molar refractivity (Wildman–Crippen MR) is 98.8 cm³/mol. The molecule has 1 aromatic carbocycles. The maximum atomic E-state index is 12.4. The fourth-order valence-corrected chi connectivity index (χ4v) is 3.01. The summed E-state index contributed by atoms with van der Waals surface area (Å²) >= 11 is 0. The molecule has 2 aromatic rings. The summed E-state index contributed by atoms with van der Waals surface area (Å²) in [5, 5.41) is 5.46. The molecule has 3 rings (SSSR count). The van der Waals surface area contributed by atoms with E-state index in [0.717, 1.165) is 11.3 Å². The number of urea groups is 1. The summed E-state index contributed by atoms with van der Waals surface area (Å²) in [6, 6.07) is 12.3. The highest BCUT2D eigenvalue weighted by molar-refractivity contribution is 6.04. The third-order valence-corrected chi connectivity index (χ3v) is 4.51. The lowest BCUT2D eigenvalue weighted by atomic mass is 10.1. The highest BCUT2D eigenvalue weighted by atomic mass is 16.3. The highest BCUT2D eigenvalue weighted by Crippen LogP contribution is 2.12. The zero-order valence-electron chi connectivity index (χ0n) is 15.0. The summed E-state index contributed by atoms with van der Waals surface area (Å²) in [4.78, 5) is 37.6. The Morgan fingerprint density at radius 2 is 1.93 bits per heavy atom. The lowest BCUT2D eigenvalue weighted by Crippen LogP contribution is -2.34. The smallest absolute Gasteiger partial charge is 0.324 e. The fraction of sp³-hybridized carbons (Fsp3) is 0.350. The van der Waals surface area contributed by atoms with Crippen LogP contribution in [0.2, 0.25) is 0 Å². The number of nitrogens with zero attached hydrogens (tertiary/aromatic N) is 1. The number of nitrogens with one attached hydrogen (secondary N) is 2. The molecule has 142 valence electrons. The molecule has 0 aliphatic carbocycles. The molecule has 0 radical (unpaired) electrons. The van der Waals surface area contributed by atoms with Crippen molar-refractivity contribution in [1.29, 1.82) is 0 Å². The van der Waals surface area contributed by atoms with Gasteiger partial charge in [0.25, 0.3) is 5.91 Å². The molecule has 0 saturated carbocycles. The third-order valence-electron chi connectivity index (χ3n) is 4.51. The van der Waals surface area contributed by atoms with Crippen LogP contribution in [0.4, 0.5) is 4.79 Å². The SMILES string of the molecule is O=C(CC[C@H]1NC(=O)N(CCc2ccccc2)C1=O)NCCc1ccco1. The van der Waals surface area contributed by atoms with Gasteiger partial charge in [-0.2, -0.15) is 0 Å². The maximum absolute atomic E-state index is 12.4. The summed E-state index contributed by atoms with van der Waals surface area (Å²) in [6.45, 7) is 0.807. The minimum absolute atomic E-state index is 0.147. The lowest BCUT2D eigenvalue weighted by Gasteiger charge is -2.13. The van der Waals surface area contributed by atoms with E-state index < -0.39 is 6.04 Å². The number of carbonyl (C=O) groups excluding carboxylic acids is 3. The quantitative estimate of drug-likeness (QED) is 0.660. The molecular weight excluding hydrogens is 346 g/mol. The minimum Gasteiger partial charge on any atom is -0.469 e. The van der Waals surface area contributed by atoms with Crippen molar-refractivity contribution in [1.82, 2.24) is 15.5 Å². The monoisotopic (exact) mass is 369 g/mol. The first-order valence-corrected chi connectivity index (χ1v) is 9.08. The van der Waals surface area contributed by atoms with E-state index in [1.54, 1.807) is 12.3 Å². The Hall–Kier alpha value is -3.09. The van der Waals surface area contributed by atoms with E-state index in [4.69, 9.17) is 4.42 Å². The van der Waals surface area contributed by atoms with Crippen molar-refractivity contribution >= 4 is 17.8 Å². The van der Waals surface area contributed by atoms with Gasteiger partial charge in [-0.1, -0.05) is 30.3 Å². The normalized spacial score (nSPS) is 16.4. The van der Waals surface area contributed by atoms with Crippen molar-refractivity contribution in [2.24, 2.45) is 0 Å². The van der Waals surface area contributed by atoms with Crippen LogP contribution in [-0.4, -0.2) is 41.9 Å². The second kappa shape index (κ2) is 9.02. The average molecular weight is 369 g/mol. The summed E-state index contributed by atoms with van der Waals surface area (Å²) < 4.78 is 5.20. The van der Waals surface area contributed by atoms with Gasteiger partial charge in [-0.05, 0) is 30.5 Å². The van der Waals surface area contributed by atoms with Gasteiger partial charge in [0.15, 0.2) is 0 Å². The van der Waals surface area contributed by atoms with E-state index in [1.807, 2.05) is 36.4 Å². The molecule has 2 heterocycles. The molecule has 2 N–H and O–H groups in total. The fourth-order valence-electron chi connectivity index (χ4n) is 3.01. The molecule has 7 nitrogen and oxygen atoms in total. The molecular formula is C20H23N3O4. The number of amides is 4. The molecule has 7 heteroatoms. The predicted octanol–water partition coefficient (Wildman–Crippen LogP) is 1.88. The molecule has 0 unspecified atom stereocenters. The first-order valence-electron chi connectivity index (χ1n) is 9.08. The van der Waals surface area contributed by atoms with Gasteiger partial charge in [-0.3, -0.25) is 14.5 Å². The first-order chi connectivity index (χ1) is 13.1. The van der Waals surface area contributed by atoms with Crippen molar-refractivity contribution in [3.63, 3.8) is 0 Å². The lowest BCUT2D eigenvalue weighted by molar-refractivity contribution is -0.127. The zero-order chi connectivity index (χ0) is 19.1. The Morgan fingerprint density at radius 3 is 2.67 bits per heavy atom. The summed E-state index contributed by atoms with van der Waals surface area (Å²) in [7, 11) is 0. The van der Waals surface area contributed by atoms with Crippen molar-refractivity contribution in [3.05, 3.63) is 60.1 Å². The van der Waals surface area contributed by atoms with Gasteiger partial charge in [0.2, 0.25) is 5.91 Å². The van der Waals surface area contributed by atoms with E-state index in [9.17, 15) is 14.4 Å². The standard InChI is InChI=1S/C20H23N3O4/c24-18(21-12-10-16-7-4-14-27-16)9-8-17-19(25)23(20(26)22-17)13-11-15-5-2-1-3-6-15/h1-7,14,17H,8-13H2,(H,21,24)(H,22,26)/t17-/m1/s1. The van der Waals surface area contributed by atoms with Gasteiger partial charge in [0, 0.05) is 25.9 Å². The average Bonchev–Trinajstić information content (AvgIpc) is 3.28. The van der Waals surface area contributed by atoms with Crippen LogP contribution in [-0.2, 0) is 22.4 Å². The Kier molecular flexibility index (Phi) is 6.25. The Morgan fingerprint density at radius 1 is 1.11 bits per heavy atom. The van der Waals surface area contributed by atoms with Gasteiger partial charge < -0.3 is 15.1 Å². The molecule has 1 aliphatic heterocycles. The Balaban J connectivity index is 1.39. The second-order valence-corrected chi connectivity index (χ2v) is 6.45. The number of carbonyl (C=O) groups is 3. The number of hydrogen-bond acceptors (Lipinski definition) is 4. The van der Waals surface area contributed by atoms with E-state index in [1.165, 1.54) is 4.90 Å². The highest BCUT2D eigenvalue weighted by Gasteiger charge is 2.37. The molecule has 0 spiro atoms. The maximum Gasteiger partial charge on any atom is 0.324 e. The third kappa shape index (κ3) is 5.20. The summed E-state index contributed by atoms with van der Waals surface area (Å²) in [5.41, 5.74) is 1.07.